The summed E-state index contributed by atoms with van der Waals surface area (Å²) in [7, 11) is 0. The van der Waals surface area contributed by atoms with Crippen LogP contribution in [0, 0.1) is 0 Å². The Hall–Kier alpha value is -0.810. The third-order valence-corrected chi connectivity index (χ3v) is 1.72. The van der Waals surface area contributed by atoms with Gasteiger partial charge in [-0.05, 0) is 20.8 Å². The Kier molecular flexibility index (Phi) is 3.34. The van der Waals surface area contributed by atoms with Gasteiger partial charge in [-0.3, -0.25) is 0 Å². The number of nitrogens with one attached hydrogen (secondary N) is 2. The van der Waals surface area contributed by atoms with Crippen molar-refractivity contribution in [3.8, 4) is 0 Å². The van der Waals surface area contributed by atoms with Gasteiger partial charge in [-0.25, -0.2) is 4.79 Å². The van der Waals surface area contributed by atoms with Crippen LogP contribution in [0.4, 0.5) is 4.79 Å². The molecule has 0 bridgehead atoms. The van der Waals surface area contributed by atoms with Crippen LogP contribution in [0.5, 0.6) is 0 Å². The SMILES string of the molecule is [2H]C1([2H])COC(CNC(=O)OC(C)(C)C)CN1. The molecule has 5 nitrogen and oxygen atoms in total. The van der Waals surface area contributed by atoms with E-state index in [4.69, 9.17) is 12.2 Å². The molecule has 1 heterocycles. The lowest BCUT2D eigenvalue weighted by molar-refractivity contribution is 0.0205. The Labute approximate surface area is 93.3 Å². The van der Waals surface area contributed by atoms with Crippen molar-refractivity contribution in [1.82, 2.24) is 10.6 Å². The van der Waals surface area contributed by atoms with Crippen LogP contribution in [-0.4, -0.2) is 44.0 Å². The van der Waals surface area contributed by atoms with Crippen LogP contribution in [0.15, 0.2) is 0 Å². The summed E-state index contributed by atoms with van der Waals surface area (Å²) in [5, 5.41) is 5.28. The fourth-order valence-electron chi connectivity index (χ4n) is 1.10. The summed E-state index contributed by atoms with van der Waals surface area (Å²) in [6.45, 7) is 4.54. The van der Waals surface area contributed by atoms with Gasteiger partial charge in [0.15, 0.2) is 0 Å². The second-order valence-corrected chi connectivity index (χ2v) is 4.37. The normalized spacial score (nSPS) is 27.5. The molecule has 0 aromatic heterocycles. The number of ether oxygens (including phenoxy) is 2. The first-order chi connectivity index (χ1) is 7.68. The van der Waals surface area contributed by atoms with Crippen molar-refractivity contribution in [3.63, 3.8) is 0 Å². The van der Waals surface area contributed by atoms with Gasteiger partial charge in [0.2, 0.25) is 0 Å². The molecule has 1 rings (SSSR count). The van der Waals surface area contributed by atoms with Crippen molar-refractivity contribution >= 4 is 6.09 Å². The molecule has 15 heavy (non-hydrogen) atoms. The highest BCUT2D eigenvalue weighted by molar-refractivity contribution is 5.67. The van der Waals surface area contributed by atoms with Gasteiger partial charge in [-0.1, -0.05) is 0 Å². The zero-order valence-corrected chi connectivity index (χ0v) is 9.42. The first-order valence-corrected chi connectivity index (χ1v) is 5.01. The van der Waals surface area contributed by atoms with Crippen LogP contribution in [0.25, 0.3) is 0 Å². The first-order valence-electron chi connectivity index (χ1n) is 6.01. The highest BCUT2D eigenvalue weighted by Gasteiger charge is 2.18. The molecule has 0 spiro atoms. The van der Waals surface area contributed by atoms with Crippen molar-refractivity contribution in [2.45, 2.75) is 32.5 Å². The fraction of sp³-hybridized carbons (Fsp3) is 0.900. The number of amides is 1. The molecule has 0 saturated carbocycles. The zero-order valence-electron chi connectivity index (χ0n) is 11.4. The molecule has 88 valence electrons. The molecule has 2 N–H and O–H groups in total. The van der Waals surface area contributed by atoms with Crippen LogP contribution < -0.4 is 10.6 Å². The van der Waals surface area contributed by atoms with Gasteiger partial charge >= 0.3 is 6.09 Å². The Balaban J connectivity index is 2.22. The predicted octanol–water partition coefficient (Wildman–Crippen LogP) is 0.500. The molecule has 0 radical (unpaired) electrons. The first kappa shape index (κ1) is 9.42. The van der Waals surface area contributed by atoms with Crippen LogP contribution in [0.1, 0.15) is 23.5 Å². The van der Waals surface area contributed by atoms with Gasteiger partial charge in [-0.15, -0.1) is 0 Å². The van der Waals surface area contributed by atoms with E-state index < -0.39 is 18.2 Å². The Bertz CT molecular complexity index is 269. The minimum Gasteiger partial charge on any atom is -0.444 e. The average molecular weight is 218 g/mol. The molecule has 1 unspecified atom stereocenters. The molecule has 1 amide bonds. The van der Waals surface area contributed by atoms with Crippen molar-refractivity contribution < 1.29 is 17.0 Å². The summed E-state index contributed by atoms with van der Waals surface area (Å²) in [6.07, 6.45) is -0.721. The highest BCUT2D eigenvalue weighted by atomic mass is 16.6. The molecule has 1 aliphatic rings. The summed E-state index contributed by atoms with van der Waals surface area (Å²) in [4.78, 5) is 11.3. The third-order valence-electron chi connectivity index (χ3n) is 1.72. The average Bonchev–Trinajstić information content (AvgIpc) is 2.13. The smallest absolute Gasteiger partial charge is 0.407 e. The minimum absolute atomic E-state index is 0.0202. The Morgan fingerprint density at radius 3 is 3.00 bits per heavy atom. The van der Waals surface area contributed by atoms with E-state index in [1.807, 2.05) is 0 Å². The topological polar surface area (TPSA) is 59.6 Å². The van der Waals surface area contributed by atoms with E-state index in [1.165, 1.54) is 0 Å². The predicted molar refractivity (Wildman–Crippen MR) is 56.8 cm³/mol. The van der Waals surface area contributed by atoms with Crippen LogP contribution in [0.2, 0.25) is 0 Å². The number of morpholine rings is 1. The van der Waals surface area contributed by atoms with Gasteiger partial charge in [-0.2, -0.15) is 0 Å². The summed E-state index contributed by atoms with van der Waals surface area (Å²) < 4.78 is 25.1. The standard InChI is InChI=1S/C10H20N2O3/c1-10(2,3)15-9(13)12-7-8-6-11-4-5-14-8/h8,11H,4-7H2,1-3H3,(H,12,13)/i4D2. The van der Waals surface area contributed by atoms with Crippen molar-refractivity contribution in [2.24, 2.45) is 0 Å². The van der Waals surface area contributed by atoms with Gasteiger partial charge in [0, 0.05) is 22.3 Å². The van der Waals surface area contributed by atoms with Gasteiger partial charge in [0.05, 0.1) is 12.7 Å². The summed E-state index contributed by atoms with van der Waals surface area (Å²) in [5.41, 5.74) is -0.521. The number of hydrogen-bond donors (Lipinski definition) is 2. The second-order valence-electron chi connectivity index (χ2n) is 4.37. The quantitative estimate of drug-likeness (QED) is 0.708. The molecule has 1 saturated heterocycles. The summed E-state index contributed by atoms with van der Waals surface area (Å²) in [5.74, 6) is 0. The van der Waals surface area contributed by atoms with Crippen LogP contribution in [0.3, 0.4) is 0 Å². The van der Waals surface area contributed by atoms with Gasteiger partial charge in [0.25, 0.3) is 0 Å². The molecule has 1 aliphatic heterocycles. The molecule has 5 heteroatoms. The van der Waals surface area contributed by atoms with E-state index in [0.29, 0.717) is 13.1 Å². The van der Waals surface area contributed by atoms with Crippen LogP contribution in [-0.2, 0) is 9.47 Å². The number of rotatable bonds is 2. The lowest BCUT2D eigenvalue weighted by atomic mass is 10.2. The van der Waals surface area contributed by atoms with E-state index in [1.54, 1.807) is 20.8 Å². The van der Waals surface area contributed by atoms with Crippen molar-refractivity contribution in [1.29, 1.82) is 0 Å². The number of hydrogen-bond acceptors (Lipinski definition) is 4. The molecule has 0 aromatic carbocycles. The highest BCUT2D eigenvalue weighted by Crippen LogP contribution is 2.06. The summed E-state index contributed by atoms with van der Waals surface area (Å²) in [6, 6.07) is 0. The lowest BCUT2D eigenvalue weighted by Crippen LogP contribution is -2.46. The number of carbonyl (C=O) groups is 1. The molecular formula is C10H20N2O3. The van der Waals surface area contributed by atoms with Crippen LogP contribution >= 0.6 is 0 Å². The maximum Gasteiger partial charge on any atom is 0.407 e. The summed E-state index contributed by atoms with van der Waals surface area (Å²) >= 11 is 0. The van der Waals surface area contributed by atoms with E-state index in [9.17, 15) is 4.79 Å². The molecule has 0 aliphatic carbocycles. The van der Waals surface area contributed by atoms with E-state index in [0.717, 1.165) is 0 Å². The molecular weight excluding hydrogens is 196 g/mol. The van der Waals surface area contributed by atoms with E-state index >= 15 is 0 Å². The van der Waals surface area contributed by atoms with E-state index in [2.05, 4.69) is 10.6 Å². The minimum atomic E-state index is -1.48. The monoisotopic (exact) mass is 218 g/mol. The Morgan fingerprint density at radius 1 is 1.73 bits per heavy atom. The Morgan fingerprint density at radius 2 is 2.47 bits per heavy atom. The van der Waals surface area contributed by atoms with Crippen molar-refractivity contribution in [3.05, 3.63) is 0 Å². The van der Waals surface area contributed by atoms with E-state index in [-0.39, 0.29) is 12.7 Å². The molecule has 1 atom stereocenters. The maximum absolute atomic E-state index is 11.3. The maximum atomic E-state index is 11.3. The fourth-order valence-corrected chi connectivity index (χ4v) is 1.10. The molecule has 0 aromatic rings. The number of alkyl carbamates (subject to hydrolysis) is 1. The second kappa shape index (κ2) is 5.32. The number of carbonyl (C=O) groups excluding carboxylic acids is 1. The van der Waals surface area contributed by atoms with Gasteiger partial charge < -0.3 is 20.1 Å². The van der Waals surface area contributed by atoms with Crippen molar-refractivity contribution in [2.75, 3.05) is 26.2 Å². The van der Waals surface area contributed by atoms with Gasteiger partial charge in [0.1, 0.15) is 5.60 Å². The third kappa shape index (κ3) is 5.59. The lowest BCUT2D eigenvalue weighted by Gasteiger charge is -2.25. The largest absolute Gasteiger partial charge is 0.444 e. The zero-order chi connectivity index (χ0) is 13.1. The molecule has 1 fully saturated rings.